The third-order valence-electron chi connectivity index (χ3n) is 3.04. The lowest BCUT2D eigenvalue weighted by Crippen LogP contribution is -1.92. The molecule has 0 saturated carbocycles. The normalized spacial score (nSPS) is 16.2. The number of hydrogen-bond acceptors (Lipinski definition) is 4. The van der Waals surface area contributed by atoms with E-state index in [-0.39, 0.29) is 0 Å². The number of nitrogens with zero attached hydrogens (tertiary/aromatic N) is 1. The molecule has 0 saturated heterocycles. The third-order valence-corrected chi connectivity index (χ3v) is 3.04. The Kier molecular flexibility index (Phi) is 1.43. The molecule has 1 aromatic heterocycles. The van der Waals surface area contributed by atoms with Crippen LogP contribution < -0.4 is 14.2 Å². The molecule has 2 aromatic rings. The first kappa shape index (κ1) is 8.21. The maximum atomic E-state index is 5.44. The number of ether oxygens (including phenoxy) is 3. The Hall–Kier alpha value is -1.97. The molecule has 3 heterocycles. The highest BCUT2D eigenvalue weighted by Crippen LogP contribution is 2.39. The van der Waals surface area contributed by atoms with Crippen LogP contribution in [-0.2, 0) is 6.42 Å². The molecule has 0 fully saturated rings. The molecular weight excluding hydrogens is 206 g/mol. The predicted octanol–water partition coefficient (Wildman–Crippen LogP) is 1.90. The van der Waals surface area contributed by atoms with Gasteiger partial charge in [0.2, 0.25) is 12.7 Å². The van der Waals surface area contributed by atoms with E-state index in [1.807, 2.05) is 18.3 Å². The highest BCUT2D eigenvalue weighted by atomic mass is 16.7. The predicted molar refractivity (Wildman–Crippen MR) is 57.1 cm³/mol. The fraction of sp³-hybridized carbons (Fsp3) is 0.250. The van der Waals surface area contributed by atoms with Gasteiger partial charge in [0, 0.05) is 23.6 Å². The molecule has 0 amide bonds. The quantitative estimate of drug-likeness (QED) is 0.673. The van der Waals surface area contributed by atoms with Crippen molar-refractivity contribution in [3.63, 3.8) is 0 Å². The second-order valence-electron chi connectivity index (χ2n) is 3.93. The van der Waals surface area contributed by atoms with Crippen LogP contribution in [0.3, 0.4) is 0 Å². The van der Waals surface area contributed by atoms with Crippen LogP contribution in [0.5, 0.6) is 17.4 Å². The van der Waals surface area contributed by atoms with Gasteiger partial charge in [-0.25, -0.2) is 4.98 Å². The zero-order chi connectivity index (χ0) is 10.5. The summed E-state index contributed by atoms with van der Waals surface area (Å²) in [5.41, 5.74) is 1.18. The molecule has 4 heteroatoms. The summed E-state index contributed by atoms with van der Waals surface area (Å²) >= 11 is 0. The molecule has 0 aliphatic carbocycles. The molecule has 0 radical (unpaired) electrons. The second kappa shape index (κ2) is 2.78. The lowest BCUT2D eigenvalue weighted by atomic mass is 10.1. The average Bonchev–Trinajstić information content (AvgIpc) is 2.94. The minimum atomic E-state index is 0.303. The molecule has 2 aliphatic rings. The molecule has 2 aliphatic heterocycles. The number of hydrogen-bond donors (Lipinski definition) is 0. The van der Waals surface area contributed by atoms with Crippen molar-refractivity contribution in [2.75, 3.05) is 13.4 Å². The van der Waals surface area contributed by atoms with Gasteiger partial charge in [-0.15, -0.1) is 0 Å². The van der Waals surface area contributed by atoms with E-state index in [9.17, 15) is 0 Å². The number of aromatic nitrogens is 1. The highest BCUT2D eigenvalue weighted by Gasteiger charge is 2.20. The average molecular weight is 215 g/mol. The first-order chi connectivity index (χ1) is 7.92. The van der Waals surface area contributed by atoms with Crippen LogP contribution in [0.25, 0.3) is 10.8 Å². The van der Waals surface area contributed by atoms with Crippen LogP contribution >= 0.6 is 0 Å². The summed E-state index contributed by atoms with van der Waals surface area (Å²) in [6.07, 6.45) is 2.74. The zero-order valence-corrected chi connectivity index (χ0v) is 8.53. The van der Waals surface area contributed by atoms with Gasteiger partial charge < -0.3 is 14.2 Å². The lowest BCUT2D eigenvalue weighted by molar-refractivity contribution is 0.174. The van der Waals surface area contributed by atoms with E-state index < -0.39 is 0 Å². The third kappa shape index (κ3) is 0.961. The van der Waals surface area contributed by atoms with E-state index in [2.05, 4.69) is 4.98 Å². The van der Waals surface area contributed by atoms with E-state index in [4.69, 9.17) is 14.2 Å². The molecule has 0 bridgehead atoms. The van der Waals surface area contributed by atoms with E-state index in [1.54, 1.807) is 0 Å². The number of benzene rings is 1. The van der Waals surface area contributed by atoms with Crippen molar-refractivity contribution >= 4 is 10.8 Å². The molecule has 80 valence electrons. The largest absolute Gasteiger partial charge is 0.477 e. The Morgan fingerprint density at radius 3 is 2.88 bits per heavy atom. The van der Waals surface area contributed by atoms with Crippen molar-refractivity contribution in [3.05, 3.63) is 23.9 Å². The van der Waals surface area contributed by atoms with Crippen LogP contribution in [0.2, 0.25) is 0 Å². The van der Waals surface area contributed by atoms with Crippen LogP contribution in [0.4, 0.5) is 0 Å². The highest BCUT2D eigenvalue weighted by molar-refractivity contribution is 5.90. The van der Waals surface area contributed by atoms with E-state index in [0.717, 1.165) is 41.2 Å². The molecule has 4 rings (SSSR count). The Morgan fingerprint density at radius 1 is 1.06 bits per heavy atom. The Labute approximate surface area is 91.8 Å². The summed E-state index contributed by atoms with van der Waals surface area (Å²) in [6, 6.07) is 4.00. The van der Waals surface area contributed by atoms with E-state index >= 15 is 0 Å². The first-order valence-corrected chi connectivity index (χ1v) is 5.26. The standard InChI is InChI=1S/C12H9NO3/c1-2-14-12-8(1)9-4-11-10(15-6-16-11)3-7(9)5-13-12/h3-5H,1-2,6H2. The van der Waals surface area contributed by atoms with Gasteiger partial charge in [0.1, 0.15) is 0 Å². The number of fused-ring (bicyclic) bond motifs is 4. The van der Waals surface area contributed by atoms with Crippen molar-refractivity contribution in [1.29, 1.82) is 0 Å². The van der Waals surface area contributed by atoms with Crippen molar-refractivity contribution in [1.82, 2.24) is 4.98 Å². The van der Waals surface area contributed by atoms with Crippen molar-refractivity contribution in [2.45, 2.75) is 6.42 Å². The van der Waals surface area contributed by atoms with Gasteiger partial charge >= 0.3 is 0 Å². The molecule has 0 N–H and O–H groups in total. The zero-order valence-electron chi connectivity index (χ0n) is 8.53. The maximum absolute atomic E-state index is 5.44. The van der Waals surface area contributed by atoms with Gasteiger partial charge in [-0.3, -0.25) is 0 Å². The topological polar surface area (TPSA) is 40.6 Å². The van der Waals surface area contributed by atoms with Crippen LogP contribution in [0, 0.1) is 0 Å². The molecule has 0 spiro atoms. The van der Waals surface area contributed by atoms with Crippen molar-refractivity contribution in [3.8, 4) is 17.4 Å². The van der Waals surface area contributed by atoms with Crippen LogP contribution in [0.1, 0.15) is 5.56 Å². The smallest absolute Gasteiger partial charge is 0.231 e. The summed E-state index contributed by atoms with van der Waals surface area (Å²) in [7, 11) is 0. The van der Waals surface area contributed by atoms with Crippen LogP contribution in [-0.4, -0.2) is 18.4 Å². The Morgan fingerprint density at radius 2 is 1.94 bits per heavy atom. The SMILES string of the molecule is c1nc2c(c3cc4c(cc13)OCO4)CCO2. The van der Waals surface area contributed by atoms with Gasteiger partial charge in [0.05, 0.1) is 6.61 Å². The first-order valence-electron chi connectivity index (χ1n) is 5.26. The number of rotatable bonds is 0. The van der Waals surface area contributed by atoms with Gasteiger partial charge in [-0.2, -0.15) is 0 Å². The lowest BCUT2D eigenvalue weighted by Gasteiger charge is -2.04. The summed E-state index contributed by atoms with van der Waals surface area (Å²) < 4.78 is 16.2. The molecule has 4 nitrogen and oxygen atoms in total. The Bertz CT molecular complexity index is 594. The molecule has 1 aromatic carbocycles. The van der Waals surface area contributed by atoms with Gasteiger partial charge in [0.25, 0.3) is 0 Å². The monoisotopic (exact) mass is 215 g/mol. The summed E-state index contributed by atoms with van der Waals surface area (Å²) in [5, 5.41) is 2.24. The molecular formula is C12H9NO3. The van der Waals surface area contributed by atoms with Gasteiger partial charge in [0.15, 0.2) is 11.5 Å². The fourth-order valence-electron chi connectivity index (χ4n) is 2.26. The van der Waals surface area contributed by atoms with E-state index in [1.165, 1.54) is 5.56 Å². The van der Waals surface area contributed by atoms with Crippen molar-refractivity contribution in [2.24, 2.45) is 0 Å². The van der Waals surface area contributed by atoms with Gasteiger partial charge in [-0.1, -0.05) is 0 Å². The van der Waals surface area contributed by atoms with Gasteiger partial charge in [-0.05, 0) is 17.5 Å². The second-order valence-corrected chi connectivity index (χ2v) is 3.93. The maximum Gasteiger partial charge on any atom is 0.231 e. The summed E-state index contributed by atoms with van der Waals surface area (Å²) in [4.78, 5) is 4.29. The molecule has 0 atom stereocenters. The fourth-order valence-corrected chi connectivity index (χ4v) is 2.26. The molecule has 0 unspecified atom stereocenters. The summed E-state index contributed by atoms with van der Waals surface area (Å²) in [5.74, 6) is 2.37. The number of pyridine rings is 1. The Balaban J connectivity index is 2.08. The van der Waals surface area contributed by atoms with E-state index in [0.29, 0.717) is 6.79 Å². The minimum absolute atomic E-state index is 0.303. The van der Waals surface area contributed by atoms with Crippen LogP contribution in [0.15, 0.2) is 18.3 Å². The summed E-state index contributed by atoms with van der Waals surface area (Å²) in [6.45, 7) is 1.02. The van der Waals surface area contributed by atoms with Crippen molar-refractivity contribution < 1.29 is 14.2 Å². The molecule has 16 heavy (non-hydrogen) atoms. The minimum Gasteiger partial charge on any atom is -0.477 e.